The van der Waals surface area contributed by atoms with E-state index in [0.29, 0.717) is 12.0 Å². The van der Waals surface area contributed by atoms with Crippen molar-refractivity contribution in [2.24, 2.45) is 0 Å². The molecule has 4 heteroatoms. The average Bonchev–Trinajstić information content (AvgIpc) is 2.98. The molecule has 2 unspecified atom stereocenters. The molecule has 4 rings (SSSR count). The van der Waals surface area contributed by atoms with Gasteiger partial charge in [0.15, 0.2) is 0 Å². The smallest absolute Gasteiger partial charge is 0.122 e. The van der Waals surface area contributed by atoms with Crippen LogP contribution in [-0.4, -0.2) is 18.6 Å². The number of nitrogens with one attached hydrogen (secondary N) is 1. The summed E-state index contributed by atoms with van der Waals surface area (Å²) in [6, 6.07) is 8.87. The van der Waals surface area contributed by atoms with Gasteiger partial charge in [-0.05, 0) is 44.4 Å². The van der Waals surface area contributed by atoms with Crippen molar-refractivity contribution in [3.63, 3.8) is 0 Å². The van der Waals surface area contributed by atoms with Gasteiger partial charge in [-0.3, -0.25) is 0 Å². The van der Waals surface area contributed by atoms with Crippen molar-refractivity contribution in [3.05, 3.63) is 45.4 Å². The number of benzene rings is 1. The first-order chi connectivity index (χ1) is 10.3. The number of hydrogen-bond acceptors (Lipinski definition) is 4. The Labute approximate surface area is 129 Å². The molecule has 110 valence electrons. The Morgan fingerprint density at radius 3 is 3.14 bits per heavy atom. The van der Waals surface area contributed by atoms with Gasteiger partial charge in [0.25, 0.3) is 0 Å². The summed E-state index contributed by atoms with van der Waals surface area (Å²) in [4.78, 5) is 6.40. The minimum absolute atomic E-state index is 0.410. The lowest BCUT2D eigenvalue weighted by atomic mass is 9.96. The summed E-state index contributed by atoms with van der Waals surface area (Å²) in [7, 11) is 2.05. The molecule has 0 bridgehead atoms. The van der Waals surface area contributed by atoms with E-state index in [0.717, 1.165) is 25.2 Å². The van der Waals surface area contributed by atoms with Crippen molar-refractivity contribution in [2.75, 3.05) is 13.7 Å². The van der Waals surface area contributed by atoms with Crippen molar-refractivity contribution in [1.29, 1.82) is 0 Å². The molecule has 0 spiro atoms. The van der Waals surface area contributed by atoms with Crippen LogP contribution in [0.1, 0.15) is 45.9 Å². The van der Waals surface area contributed by atoms with E-state index in [1.165, 1.54) is 34.0 Å². The Bertz CT molecular complexity index is 652. The van der Waals surface area contributed by atoms with Crippen LogP contribution in [0.4, 0.5) is 0 Å². The minimum Gasteiger partial charge on any atom is -0.493 e. The van der Waals surface area contributed by atoms with Crippen LogP contribution in [-0.2, 0) is 12.8 Å². The van der Waals surface area contributed by atoms with Gasteiger partial charge >= 0.3 is 0 Å². The van der Waals surface area contributed by atoms with Gasteiger partial charge in [0.1, 0.15) is 5.75 Å². The summed E-state index contributed by atoms with van der Waals surface area (Å²) in [5.41, 5.74) is 2.63. The van der Waals surface area contributed by atoms with Gasteiger partial charge in [0.2, 0.25) is 0 Å². The molecule has 2 heterocycles. The Balaban J connectivity index is 1.62. The zero-order valence-electron chi connectivity index (χ0n) is 12.3. The van der Waals surface area contributed by atoms with Crippen molar-refractivity contribution in [2.45, 2.75) is 37.6 Å². The molecule has 0 saturated carbocycles. The number of hydrogen-bond donors (Lipinski definition) is 1. The fraction of sp³-hybridized carbons (Fsp3) is 0.471. The van der Waals surface area contributed by atoms with Crippen LogP contribution in [0.5, 0.6) is 5.75 Å². The zero-order chi connectivity index (χ0) is 14.2. The number of aryl methyl sites for hydroxylation is 1. The van der Waals surface area contributed by atoms with Crippen molar-refractivity contribution in [3.8, 4) is 5.75 Å². The van der Waals surface area contributed by atoms with Gasteiger partial charge in [0.05, 0.1) is 17.3 Å². The van der Waals surface area contributed by atoms with Gasteiger partial charge in [-0.25, -0.2) is 4.98 Å². The maximum absolute atomic E-state index is 5.93. The van der Waals surface area contributed by atoms with E-state index in [9.17, 15) is 0 Å². The van der Waals surface area contributed by atoms with E-state index < -0.39 is 0 Å². The fourth-order valence-electron chi connectivity index (χ4n) is 3.38. The van der Waals surface area contributed by atoms with E-state index in [2.05, 4.69) is 30.6 Å². The molecule has 2 atom stereocenters. The predicted molar refractivity (Wildman–Crippen MR) is 85.2 cm³/mol. The lowest BCUT2D eigenvalue weighted by molar-refractivity contribution is 0.262. The van der Waals surface area contributed by atoms with E-state index in [4.69, 9.17) is 9.72 Å². The summed E-state index contributed by atoms with van der Waals surface area (Å²) >= 11 is 1.90. The summed E-state index contributed by atoms with van der Waals surface area (Å²) in [5, 5.41) is 4.69. The molecule has 1 N–H and O–H groups in total. The van der Waals surface area contributed by atoms with Crippen molar-refractivity contribution >= 4 is 11.3 Å². The molecular weight excluding hydrogens is 280 g/mol. The van der Waals surface area contributed by atoms with Crippen LogP contribution in [0.15, 0.2) is 24.3 Å². The van der Waals surface area contributed by atoms with Gasteiger partial charge in [0, 0.05) is 16.8 Å². The fourth-order valence-corrected chi connectivity index (χ4v) is 4.72. The average molecular weight is 300 g/mol. The van der Waals surface area contributed by atoms with Crippen LogP contribution in [0.3, 0.4) is 0 Å². The molecule has 2 aromatic rings. The number of nitrogens with zero attached hydrogens (tertiary/aromatic N) is 1. The maximum Gasteiger partial charge on any atom is 0.122 e. The SMILES string of the molecule is CNC1CCCc2nc(C3COc4ccccc4C3)sc21. The first kappa shape index (κ1) is 13.3. The number of fused-ring (bicyclic) bond motifs is 2. The third-order valence-corrected chi connectivity index (χ3v) is 5.92. The maximum atomic E-state index is 5.93. The molecule has 0 radical (unpaired) electrons. The largest absolute Gasteiger partial charge is 0.493 e. The molecule has 21 heavy (non-hydrogen) atoms. The van der Waals surface area contributed by atoms with E-state index in [1.807, 2.05) is 17.4 Å². The monoisotopic (exact) mass is 300 g/mol. The number of thiazole rings is 1. The first-order valence-corrected chi connectivity index (χ1v) is 8.54. The zero-order valence-corrected chi connectivity index (χ0v) is 13.1. The lowest BCUT2D eigenvalue weighted by Gasteiger charge is -2.23. The molecule has 0 amide bonds. The third kappa shape index (κ3) is 2.36. The highest BCUT2D eigenvalue weighted by atomic mass is 32.1. The molecule has 1 aliphatic carbocycles. The second-order valence-electron chi connectivity index (χ2n) is 5.92. The van der Waals surface area contributed by atoms with Crippen LogP contribution in [0, 0.1) is 0 Å². The van der Waals surface area contributed by atoms with Crippen LogP contribution >= 0.6 is 11.3 Å². The van der Waals surface area contributed by atoms with Gasteiger partial charge in [-0.2, -0.15) is 0 Å². The third-order valence-electron chi connectivity index (χ3n) is 4.54. The van der Waals surface area contributed by atoms with Gasteiger partial charge < -0.3 is 10.1 Å². The summed E-state index contributed by atoms with van der Waals surface area (Å²) in [6.45, 7) is 0.758. The number of aromatic nitrogens is 1. The Kier molecular flexibility index (Phi) is 3.43. The molecular formula is C17H20N2OS. The Hall–Kier alpha value is -1.39. The molecule has 0 saturated heterocycles. The first-order valence-electron chi connectivity index (χ1n) is 7.72. The molecule has 0 fully saturated rings. The van der Waals surface area contributed by atoms with Gasteiger partial charge in [-0.1, -0.05) is 18.2 Å². The number of para-hydroxylation sites is 1. The minimum atomic E-state index is 0.410. The van der Waals surface area contributed by atoms with Crippen LogP contribution in [0.2, 0.25) is 0 Å². The molecule has 1 aromatic heterocycles. The van der Waals surface area contributed by atoms with Crippen LogP contribution < -0.4 is 10.1 Å². The molecule has 1 aromatic carbocycles. The van der Waals surface area contributed by atoms with E-state index >= 15 is 0 Å². The normalized spacial score (nSPS) is 24.0. The highest BCUT2D eigenvalue weighted by Gasteiger charge is 2.28. The highest BCUT2D eigenvalue weighted by Crippen LogP contribution is 2.39. The number of rotatable bonds is 2. The second kappa shape index (κ2) is 5.43. The van der Waals surface area contributed by atoms with E-state index in [1.54, 1.807) is 0 Å². The topological polar surface area (TPSA) is 34.2 Å². The Morgan fingerprint density at radius 1 is 1.33 bits per heavy atom. The summed E-state index contributed by atoms with van der Waals surface area (Å²) in [5.74, 6) is 1.45. The standard InChI is InChI=1S/C17H20N2OS/c1-18-13-6-4-7-14-16(13)21-17(19-14)12-9-11-5-2-3-8-15(11)20-10-12/h2-3,5,8,12-13,18H,4,6-7,9-10H2,1H3. The molecule has 3 nitrogen and oxygen atoms in total. The summed E-state index contributed by atoms with van der Waals surface area (Å²) < 4.78 is 5.93. The summed E-state index contributed by atoms with van der Waals surface area (Å²) in [6.07, 6.45) is 4.65. The number of ether oxygens (including phenoxy) is 1. The highest BCUT2D eigenvalue weighted by molar-refractivity contribution is 7.12. The van der Waals surface area contributed by atoms with Crippen LogP contribution in [0.25, 0.3) is 0 Å². The molecule has 2 aliphatic rings. The lowest BCUT2D eigenvalue weighted by Crippen LogP contribution is -2.20. The second-order valence-corrected chi connectivity index (χ2v) is 6.98. The van der Waals surface area contributed by atoms with Crippen molar-refractivity contribution in [1.82, 2.24) is 10.3 Å². The van der Waals surface area contributed by atoms with E-state index in [-0.39, 0.29) is 0 Å². The molecule has 1 aliphatic heterocycles. The quantitative estimate of drug-likeness (QED) is 0.922. The van der Waals surface area contributed by atoms with Crippen molar-refractivity contribution < 1.29 is 4.74 Å². The Morgan fingerprint density at radius 2 is 2.24 bits per heavy atom. The van der Waals surface area contributed by atoms with Gasteiger partial charge in [-0.15, -0.1) is 11.3 Å². The predicted octanol–water partition coefficient (Wildman–Crippen LogP) is 3.46.